The van der Waals surface area contributed by atoms with Crippen molar-refractivity contribution in [3.05, 3.63) is 70.8 Å². The van der Waals surface area contributed by atoms with Crippen molar-refractivity contribution in [1.82, 2.24) is 0 Å². The number of hydrogen-bond donors (Lipinski definition) is 3. The fourth-order valence-electron chi connectivity index (χ4n) is 3.39. The molecule has 0 fully saturated rings. The number of aliphatic hydroxyl groups excluding tert-OH is 1. The molecule has 0 saturated carbocycles. The van der Waals surface area contributed by atoms with Crippen LogP contribution in [0.5, 0.6) is 17.2 Å². The van der Waals surface area contributed by atoms with Gasteiger partial charge >= 0.3 is 0 Å². The number of phenolic OH excluding ortho intramolecular Hbond substituents is 2. The van der Waals surface area contributed by atoms with Gasteiger partial charge in [0.15, 0.2) is 11.5 Å². The highest BCUT2D eigenvalue weighted by Crippen LogP contribution is 2.35. The summed E-state index contributed by atoms with van der Waals surface area (Å²) in [5.74, 6) is 0.754. The Labute approximate surface area is 166 Å². The number of phenols is 2. The number of ether oxygens (including phenoxy) is 1. The SMILES string of the molecule is CC(=CCC[C@@]1(C)C=Cc2cc(CCc3cccc(O)c3O)ccc2O1)CO. The quantitative estimate of drug-likeness (QED) is 0.478. The summed E-state index contributed by atoms with van der Waals surface area (Å²) in [4.78, 5) is 0. The van der Waals surface area contributed by atoms with Crippen LogP contribution in [0.1, 0.15) is 43.4 Å². The molecule has 1 heterocycles. The van der Waals surface area contributed by atoms with E-state index in [2.05, 4.69) is 31.2 Å². The van der Waals surface area contributed by atoms with Crippen molar-refractivity contribution < 1.29 is 20.1 Å². The molecule has 1 aliphatic rings. The molecular weight excluding hydrogens is 352 g/mol. The van der Waals surface area contributed by atoms with Gasteiger partial charge < -0.3 is 20.1 Å². The number of benzene rings is 2. The first-order chi connectivity index (χ1) is 13.4. The van der Waals surface area contributed by atoms with Gasteiger partial charge in [-0.05, 0) is 74.9 Å². The van der Waals surface area contributed by atoms with Crippen LogP contribution in [0.2, 0.25) is 0 Å². The molecule has 2 aromatic rings. The van der Waals surface area contributed by atoms with Crippen LogP contribution in [-0.4, -0.2) is 27.5 Å². The number of hydrogen-bond acceptors (Lipinski definition) is 4. The Bertz CT molecular complexity index is 897. The maximum absolute atomic E-state index is 9.95. The Morgan fingerprint density at radius 3 is 2.75 bits per heavy atom. The number of aromatic hydroxyl groups is 2. The zero-order chi connectivity index (χ0) is 20.1. The predicted octanol–water partition coefficient (Wildman–Crippen LogP) is 4.77. The smallest absolute Gasteiger partial charge is 0.160 e. The second kappa shape index (κ2) is 8.53. The third kappa shape index (κ3) is 4.76. The molecular formula is C24H28O4. The number of aliphatic hydroxyl groups is 1. The van der Waals surface area contributed by atoms with Crippen LogP contribution in [0.4, 0.5) is 0 Å². The van der Waals surface area contributed by atoms with Crippen molar-refractivity contribution in [2.75, 3.05) is 6.61 Å². The van der Waals surface area contributed by atoms with Gasteiger partial charge in [0.1, 0.15) is 11.4 Å². The average Bonchev–Trinajstić information content (AvgIpc) is 2.69. The third-order valence-electron chi connectivity index (χ3n) is 5.20. The molecule has 1 aliphatic heterocycles. The van der Waals surface area contributed by atoms with E-state index in [4.69, 9.17) is 9.84 Å². The summed E-state index contributed by atoms with van der Waals surface area (Å²) in [6, 6.07) is 11.2. The topological polar surface area (TPSA) is 69.9 Å². The highest BCUT2D eigenvalue weighted by molar-refractivity contribution is 5.62. The van der Waals surface area contributed by atoms with Gasteiger partial charge in [0.05, 0.1) is 6.61 Å². The van der Waals surface area contributed by atoms with Crippen LogP contribution in [0.15, 0.2) is 54.1 Å². The molecule has 4 nitrogen and oxygen atoms in total. The molecule has 28 heavy (non-hydrogen) atoms. The maximum Gasteiger partial charge on any atom is 0.160 e. The summed E-state index contributed by atoms with van der Waals surface area (Å²) in [5.41, 5.74) is 3.57. The molecule has 0 unspecified atom stereocenters. The van der Waals surface area contributed by atoms with E-state index >= 15 is 0 Å². The molecule has 3 rings (SSSR count). The van der Waals surface area contributed by atoms with Crippen LogP contribution in [0.3, 0.4) is 0 Å². The van der Waals surface area contributed by atoms with E-state index in [0.717, 1.165) is 47.3 Å². The van der Waals surface area contributed by atoms with Gasteiger partial charge in [-0.25, -0.2) is 0 Å². The Morgan fingerprint density at radius 2 is 1.96 bits per heavy atom. The first-order valence-electron chi connectivity index (χ1n) is 9.68. The summed E-state index contributed by atoms with van der Waals surface area (Å²) >= 11 is 0. The zero-order valence-electron chi connectivity index (χ0n) is 16.5. The number of para-hydroxylation sites is 1. The Morgan fingerprint density at radius 1 is 1.14 bits per heavy atom. The van der Waals surface area contributed by atoms with Crippen LogP contribution in [-0.2, 0) is 12.8 Å². The predicted molar refractivity (Wildman–Crippen MR) is 112 cm³/mol. The van der Waals surface area contributed by atoms with E-state index in [0.29, 0.717) is 6.42 Å². The lowest BCUT2D eigenvalue weighted by Crippen LogP contribution is -2.31. The van der Waals surface area contributed by atoms with Gasteiger partial charge in [-0.2, -0.15) is 0 Å². The van der Waals surface area contributed by atoms with Crippen LogP contribution >= 0.6 is 0 Å². The summed E-state index contributed by atoms with van der Waals surface area (Å²) in [5, 5.41) is 28.7. The van der Waals surface area contributed by atoms with Crippen molar-refractivity contribution in [3.63, 3.8) is 0 Å². The standard InChI is InChI=1S/C24H28O4/c1-17(16-25)5-4-13-24(2)14-12-20-15-18(9-11-22(20)28-24)8-10-19-6-3-7-21(26)23(19)27/h3,5-7,9,11-12,14-15,25-27H,4,8,10,13,16H2,1-2H3/t24-/m0/s1. The molecule has 4 heteroatoms. The molecule has 0 spiro atoms. The highest BCUT2D eigenvalue weighted by Gasteiger charge is 2.26. The molecule has 0 amide bonds. The van der Waals surface area contributed by atoms with Crippen molar-refractivity contribution in [2.24, 2.45) is 0 Å². The lowest BCUT2D eigenvalue weighted by atomic mass is 9.93. The Hall–Kier alpha value is -2.72. The highest BCUT2D eigenvalue weighted by atomic mass is 16.5. The Balaban J connectivity index is 1.65. The third-order valence-corrected chi connectivity index (χ3v) is 5.20. The lowest BCUT2D eigenvalue weighted by Gasteiger charge is -2.31. The van der Waals surface area contributed by atoms with Crippen molar-refractivity contribution >= 4 is 6.08 Å². The van der Waals surface area contributed by atoms with Crippen molar-refractivity contribution in [2.45, 2.75) is 45.1 Å². The maximum atomic E-state index is 9.95. The van der Waals surface area contributed by atoms with Gasteiger partial charge in [-0.1, -0.05) is 35.9 Å². The Kier molecular flexibility index (Phi) is 6.10. The molecule has 0 aliphatic carbocycles. The van der Waals surface area contributed by atoms with Crippen LogP contribution in [0.25, 0.3) is 6.08 Å². The minimum absolute atomic E-state index is 0.0371. The summed E-state index contributed by atoms with van der Waals surface area (Å²) in [6.07, 6.45) is 9.38. The number of rotatable bonds is 7. The van der Waals surface area contributed by atoms with Gasteiger partial charge in [-0.3, -0.25) is 0 Å². The lowest BCUT2D eigenvalue weighted by molar-refractivity contribution is 0.128. The molecule has 2 aromatic carbocycles. The van der Waals surface area contributed by atoms with Crippen LogP contribution < -0.4 is 4.74 Å². The normalized spacial score (nSPS) is 18.6. The first kappa shape index (κ1) is 20.0. The van der Waals surface area contributed by atoms with E-state index in [-0.39, 0.29) is 23.7 Å². The first-order valence-corrected chi connectivity index (χ1v) is 9.68. The molecule has 0 radical (unpaired) electrons. The second-order valence-electron chi connectivity index (χ2n) is 7.65. The van der Waals surface area contributed by atoms with Gasteiger partial charge in [0, 0.05) is 5.56 Å². The van der Waals surface area contributed by atoms with E-state index in [1.165, 1.54) is 6.07 Å². The molecule has 148 valence electrons. The van der Waals surface area contributed by atoms with Gasteiger partial charge in [0.25, 0.3) is 0 Å². The minimum atomic E-state index is -0.353. The minimum Gasteiger partial charge on any atom is -0.504 e. The van der Waals surface area contributed by atoms with E-state index < -0.39 is 0 Å². The fourth-order valence-corrected chi connectivity index (χ4v) is 3.39. The number of aryl methyl sites for hydroxylation is 2. The number of fused-ring (bicyclic) bond motifs is 1. The summed E-state index contributed by atoms with van der Waals surface area (Å²) in [6.45, 7) is 4.10. The van der Waals surface area contributed by atoms with Gasteiger partial charge in [-0.15, -0.1) is 0 Å². The van der Waals surface area contributed by atoms with Crippen LogP contribution in [0, 0.1) is 0 Å². The monoisotopic (exact) mass is 380 g/mol. The van der Waals surface area contributed by atoms with E-state index in [1.807, 2.05) is 25.1 Å². The molecule has 1 atom stereocenters. The molecule has 3 N–H and O–H groups in total. The van der Waals surface area contributed by atoms with Gasteiger partial charge in [0.2, 0.25) is 0 Å². The molecule has 0 bridgehead atoms. The van der Waals surface area contributed by atoms with E-state index in [1.54, 1.807) is 6.07 Å². The second-order valence-corrected chi connectivity index (χ2v) is 7.65. The summed E-state index contributed by atoms with van der Waals surface area (Å²) < 4.78 is 6.24. The van der Waals surface area contributed by atoms with Crippen molar-refractivity contribution in [1.29, 1.82) is 0 Å². The zero-order valence-corrected chi connectivity index (χ0v) is 16.5. The fraction of sp³-hybridized carbons (Fsp3) is 0.333. The largest absolute Gasteiger partial charge is 0.504 e. The molecule has 0 aromatic heterocycles. The molecule has 0 saturated heterocycles. The van der Waals surface area contributed by atoms with E-state index in [9.17, 15) is 10.2 Å². The summed E-state index contributed by atoms with van der Waals surface area (Å²) in [7, 11) is 0. The number of allylic oxidation sites excluding steroid dienone is 1. The average molecular weight is 380 g/mol. The van der Waals surface area contributed by atoms with Crippen molar-refractivity contribution in [3.8, 4) is 17.2 Å².